The van der Waals surface area contributed by atoms with Gasteiger partial charge < -0.3 is 10.4 Å². The van der Waals surface area contributed by atoms with Crippen molar-refractivity contribution in [3.8, 4) is 11.1 Å². The van der Waals surface area contributed by atoms with Gasteiger partial charge in [-0.15, -0.1) is 0 Å². The molecule has 0 spiro atoms. The number of aromatic amines is 1. The Kier molecular flexibility index (Phi) is 5.19. The molecule has 4 rings (SSSR count). The Hall–Kier alpha value is -2.64. The average Bonchev–Trinajstić information content (AvgIpc) is 3.30. The van der Waals surface area contributed by atoms with Gasteiger partial charge in [0.05, 0.1) is 6.20 Å². The quantitative estimate of drug-likeness (QED) is 0.569. The molecule has 0 bridgehead atoms. The van der Waals surface area contributed by atoms with Gasteiger partial charge in [-0.25, -0.2) is 4.79 Å². The first kappa shape index (κ1) is 19.7. The number of amidine groups is 1. The van der Waals surface area contributed by atoms with E-state index in [1.165, 1.54) is 0 Å². The highest BCUT2D eigenvalue weighted by Crippen LogP contribution is 2.29. The first-order valence-corrected chi connectivity index (χ1v) is 10.6. The van der Waals surface area contributed by atoms with Gasteiger partial charge >= 0.3 is 5.97 Å². The number of fused-ring (bicyclic) bond motifs is 1. The Morgan fingerprint density at radius 2 is 2.21 bits per heavy atom. The number of thiophene rings is 1. The summed E-state index contributed by atoms with van der Waals surface area (Å²) in [4.78, 5) is 16.7. The van der Waals surface area contributed by atoms with E-state index in [1.807, 2.05) is 29.0 Å². The van der Waals surface area contributed by atoms with E-state index in [-0.39, 0.29) is 5.54 Å². The fraction of sp³-hybridized carbons (Fsp3) is 0.286. The second kappa shape index (κ2) is 7.65. The lowest BCUT2D eigenvalue weighted by atomic mass is 9.87. The first-order chi connectivity index (χ1) is 13.8. The topological polar surface area (TPSA) is 90.4 Å². The molecule has 2 aromatic heterocycles. The lowest BCUT2D eigenvalue weighted by Crippen LogP contribution is -2.50. The van der Waals surface area contributed by atoms with Gasteiger partial charge in [-0.05, 0) is 65.9 Å². The average molecular weight is 429 g/mol. The second-order valence-corrected chi connectivity index (χ2v) is 9.00. The maximum Gasteiger partial charge on any atom is 0.328 e. The first-order valence-electron chi connectivity index (χ1n) is 9.24. The summed E-state index contributed by atoms with van der Waals surface area (Å²) in [6.45, 7) is 4.13. The smallest absolute Gasteiger partial charge is 0.328 e. The summed E-state index contributed by atoms with van der Waals surface area (Å²) in [5.41, 5.74) is 4.59. The van der Waals surface area contributed by atoms with Crippen LogP contribution in [0.1, 0.15) is 30.5 Å². The number of hydrogen-bond donors (Lipinski definition) is 3. The van der Waals surface area contributed by atoms with E-state index in [9.17, 15) is 9.90 Å². The van der Waals surface area contributed by atoms with E-state index in [4.69, 9.17) is 11.6 Å². The van der Waals surface area contributed by atoms with Crippen molar-refractivity contribution in [2.24, 2.45) is 4.99 Å². The van der Waals surface area contributed by atoms with E-state index in [0.29, 0.717) is 17.3 Å². The molecule has 8 heteroatoms. The van der Waals surface area contributed by atoms with Gasteiger partial charge in [-0.3, -0.25) is 10.1 Å². The number of nitrogens with one attached hydrogen (secondary N) is 2. The molecule has 3 N–H and O–H groups in total. The number of aliphatic carboxylic acids is 1. The van der Waals surface area contributed by atoms with Crippen LogP contribution in [0.4, 0.5) is 0 Å². The third-order valence-electron chi connectivity index (χ3n) is 4.95. The molecule has 0 saturated carbocycles. The van der Waals surface area contributed by atoms with Crippen LogP contribution in [0.3, 0.4) is 0 Å². The van der Waals surface area contributed by atoms with Gasteiger partial charge in [0.25, 0.3) is 0 Å². The van der Waals surface area contributed by atoms with Crippen LogP contribution in [0.15, 0.2) is 46.3 Å². The molecular weight excluding hydrogens is 408 g/mol. The van der Waals surface area contributed by atoms with Crippen LogP contribution < -0.4 is 5.32 Å². The number of nitrogens with zero attached hydrogens (tertiary/aromatic N) is 2. The van der Waals surface area contributed by atoms with Gasteiger partial charge in [0.2, 0.25) is 0 Å². The summed E-state index contributed by atoms with van der Waals surface area (Å²) >= 11 is 7.71. The minimum atomic E-state index is -0.956. The molecule has 6 nitrogen and oxygen atoms in total. The molecule has 0 aliphatic carbocycles. The number of carbonyl (C=O) groups is 1. The Morgan fingerprint density at radius 3 is 2.93 bits per heavy atom. The van der Waals surface area contributed by atoms with Crippen LogP contribution in [-0.4, -0.2) is 38.7 Å². The molecule has 1 aliphatic heterocycles. The van der Waals surface area contributed by atoms with E-state index < -0.39 is 12.0 Å². The van der Waals surface area contributed by atoms with E-state index in [2.05, 4.69) is 34.4 Å². The van der Waals surface area contributed by atoms with Crippen molar-refractivity contribution < 1.29 is 9.90 Å². The predicted molar refractivity (Wildman–Crippen MR) is 116 cm³/mol. The van der Waals surface area contributed by atoms with Gasteiger partial charge in [0.15, 0.2) is 6.04 Å². The summed E-state index contributed by atoms with van der Waals surface area (Å²) in [5, 5.41) is 24.7. The number of carboxylic acid groups (broad SMARTS) is 1. The lowest BCUT2D eigenvalue weighted by molar-refractivity contribution is -0.138. The van der Waals surface area contributed by atoms with Crippen molar-refractivity contribution >= 4 is 34.7 Å². The van der Waals surface area contributed by atoms with Crippen LogP contribution in [0, 0.1) is 0 Å². The fourth-order valence-corrected chi connectivity index (χ4v) is 4.71. The number of hydrogen-bond acceptors (Lipinski definition) is 4. The minimum Gasteiger partial charge on any atom is -0.480 e. The predicted octanol–water partition coefficient (Wildman–Crippen LogP) is 4.16. The number of benzene rings is 1. The Morgan fingerprint density at radius 1 is 1.38 bits per heavy atom. The number of aromatic nitrogens is 2. The second-order valence-electron chi connectivity index (χ2n) is 7.82. The Bertz CT molecular complexity index is 1070. The number of aliphatic imine (C=N–C) groups is 1. The largest absolute Gasteiger partial charge is 0.480 e. The molecule has 0 radical (unpaired) electrons. The third kappa shape index (κ3) is 4.21. The van der Waals surface area contributed by atoms with Crippen molar-refractivity contribution in [2.45, 2.75) is 38.3 Å². The van der Waals surface area contributed by atoms with Gasteiger partial charge in [0, 0.05) is 34.3 Å². The molecule has 29 heavy (non-hydrogen) atoms. The normalized spacial score (nSPS) is 17.6. The van der Waals surface area contributed by atoms with Crippen LogP contribution >= 0.6 is 22.9 Å². The molecule has 1 aliphatic rings. The van der Waals surface area contributed by atoms with Gasteiger partial charge in [-0.2, -0.15) is 16.4 Å². The summed E-state index contributed by atoms with van der Waals surface area (Å²) in [7, 11) is 0. The minimum absolute atomic E-state index is 0.246. The molecular formula is C21H21ClN4O2S. The van der Waals surface area contributed by atoms with Crippen LogP contribution in [0.5, 0.6) is 0 Å². The summed E-state index contributed by atoms with van der Waals surface area (Å²) in [6.07, 6.45) is 4.62. The van der Waals surface area contributed by atoms with E-state index in [1.54, 1.807) is 23.7 Å². The SMILES string of the molecule is CC1(C)Cc2cc(Cl)ccc2C(=N[C@@H](Cc2cscc2-c2cn[nH]c2)C(=O)O)N1. The highest BCUT2D eigenvalue weighted by atomic mass is 35.5. The molecule has 3 aromatic rings. The molecule has 0 amide bonds. The zero-order valence-corrected chi connectivity index (χ0v) is 17.6. The van der Waals surface area contributed by atoms with Crippen molar-refractivity contribution in [1.29, 1.82) is 0 Å². The third-order valence-corrected chi connectivity index (χ3v) is 5.97. The summed E-state index contributed by atoms with van der Waals surface area (Å²) in [5.74, 6) is -0.358. The zero-order valence-electron chi connectivity index (χ0n) is 16.1. The summed E-state index contributed by atoms with van der Waals surface area (Å²) < 4.78 is 0. The number of halogens is 1. The van der Waals surface area contributed by atoms with Gasteiger partial charge in [-0.1, -0.05) is 11.6 Å². The standard InChI is InChI=1S/C21H21ClN4O2S/c1-21(2)7-12-5-15(22)3-4-16(12)19(26-21)25-18(20(27)28)6-13-10-29-11-17(13)14-8-23-24-9-14/h3-5,8-11,18H,6-7H2,1-2H3,(H,23,24)(H,25,26)(H,27,28)/t18-/m0/s1. The maximum atomic E-state index is 12.1. The molecule has 0 saturated heterocycles. The number of carboxylic acids is 1. The van der Waals surface area contributed by atoms with Crippen LogP contribution in [-0.2, 0) is 17.6 Å². The highest BCUT2D eigenvalue weighted by Gasteiger charge is 2.30. The van der Waals surface area contributed by atoms with Crippen LogP contribution in [0.25, 0.3) is 11.1 Å². The van der Waals surface area contributed by atoms with E-state index >= 15 is 0 Å². The van der Waals surface area contributed by atoms with Gasteiger partial charge in [0.1, 0.15) is 5.84 Å². The fourth-order valence-electron chi connectivity index (χ4n) is 3.63. The molecule has 1 atom stereocenters. The summed E-state index contributed by atoms with van der Waals surface area (Å²) in [6, 6.07) is 4.73. The molecule has 1 aromatic carbocycles. The molecule has 3 heterocycles. The monoisotopic (exact) mass is 428 g/mol. The number of rotatable bonds is 5. The van der Waals surface area contributed by atoms with Crippen molar-refractivity contribution in [3.63, 3.8) is 0 Å². The molecule has 0 unspecified atom stereocenters. The Balaban J connectivity index is 1.70. The highest BCUT2D eigenvalue weighted by molar-refractivity contribution is 7.08. The lowest BCUT2D eigenvalue weighted by Gasteiger charge is -2.35. The zero-order chi connectivity index (χ0) is 20.6. The molecule has 150 valence electrons. The van der Waals surface area contributed by atoms with Crippen molar-refractivity contribution in [2.75, 3.05) is 0 Å². The van der Waals surface area contributed by atoms with Crippen molar-refractivity contribution in [1.82, 2.24) is 15.5 Å². The number of H-pyrrole nitrogens is 1. The van der Waals surface area contributed by atoms with E-state index in [0.717, 1.165) is 34.2 Å². The maximum absolute atomic E-state index is 12.1. The van der Waals surface area contributed by atoms with Crippen molar-refractivity contribution in [3.05, 3.63) is 63.1 Å². The molecule has 0 fully saturated rings. The Labute approximate surface area is 177 Å². The van der Waals surface area contributed by atoms with Crippen LogP contribution in [0.2, 0.25) is 5.02 Å².